The Hall–Kier alpha value is -0.110. The van der Waals surface area contributed by atoms with Gasteiger partial charge in [-0.2, -0.15) is 0 Å². The molecule has 3 nitrogen and oxygen atoms in total. The molecule has 0 aromatic carbocycles. The minimum absolute atomic E-state index is 0.552. The number of hydrogen-bond donors (Lipinski definition) is 2. The van der Waals surface area contributed by atoms with Crippen molar-refractivity contribution >= 4 is 7.60 Å². The van der Waals surface area contributed by atoms with Gasteiger partial charge in [-0.25, -0.2) is 0 Å². The molecule has 0 aliphatic rings. The van der Waals surface area contributed by atoms with E-state index in [0.717, 1.165) is 18.4 Å². The zero-order valence-corrected chi connectivity index (χ0v) is 11.1. The Kier molecular flexibility index (Phi) is 5.79. The summed E-state index contributed by atoms with van der Waals surface area (Å²) in [7, 11) is -4.07. The molecule has 0 amide bonds. The van der Waals surface area contributed by atoms with E-state index in [1.807, 2.05) is 27.7 Å². The summed E-state index contributed by atoms with van der Waals surface area (Å²) < 4.78 is 11.6. The van der Waals surface area contributed by atoms with Crippen LogP contribution in [-0.4, -0.2) is 14.9 Å². The van der Waals surface area contributed by atoms with Gasteiger partial charge in [0.15, 0.2) is 0 Å². The van der Waals surface area contributed by atoms with Crippen molar-refractivity contribution in [3.05, 3.63) is 11.6 Å². The van der Waals surface area contributed by atoms with Crippen LogP contribution in [0.25, 0.3) is 0 Å². The van der Waals surface area contributed by atoms with E-state index in [2.05, 4.69) is 0 Å². The zero-order chi connectivity index (χ0) is 12.1. The maximum atomic E-state index is 11.6. The van der Waals surface area contributed by atoms with Crippen LogP contribution >= 0.6 is 7.60 Å². The van der Waals surface area contributed by atoms with E-state index >= 15 is 0 Å². The zero-order valence-electron chi connectivity index (χ0n) is 10.2. The fourth-order valence-corrected chi connectivity index (χ4v) is 3.50. The van der Waals surface area contributed by atoms with Crippen LogP contribution in [0.4, 0.5) is 0 Å². The standard InChI is InChI=1S/C11H23O3P/c1-5-7-11(8-6-2,9-10(3)4)15(12,13)14/h9H,5-8H2,1-4H3,(H2,12,13,14). The normalized spacial score (nSPS) is 12.7. The van der Waals surface area contributed by atoms with E-state index in [9.17, 15) is 14.4 Å². The predicted octanol–water partition coefficient (Wildman–Crippen LogP) is 3.47. The summed E-state index contributed by atoms with van der Waals surface area (Å²) in [6.45, 7) is 7.68. The molecule has 0 aromatic heterocycles. The number of allylic oxidation sites excluding steroid dienone is 2. The molecular formula is C11H23O3P. The Morgan fingerprint density at radius 1 is 1.20 bits per heavy atom. The molecule has 0 fully saturated rings. The van der Waals surface area contributed by atoms with Gasteiger partial charge in [0.2, 0.25) is 0 Å². The van der Waals surface area contributed by atoms with Gasteiger partial charge in [-0.15, -0.1) is 0 Å². The quantitative estimate of drug-likeness (QED) is 0.546. The van der Waals surface area contributed by atoms with Gasteiger partial charge in [0.05, 0.1) is 5.16 Å². The molecule has 0 rings (SSSR count). The highest BCUT2D eigenvalue weighted by molar-refractivity contribution is 7.53. The lowest BCUT2D eigenvalue weighted by Gasteiger charge is -2.31. The lowest BCUT2D eigenvalue weighted by atomic mass is 9.95. The van der Waals surface area contributed by atoms with Crippen LogP contribution in [0, 0.1) is 0 Å². The second-order valence-corrected chi connectivity index (χ2v) is 6.35. The van der Waals surface area contributed by atoms with Gasteiger partial charge in [-0.1, -0.05) is 38.3 Å². The van der Waals surface area contributed by atoms with Gasteiger partial charge in [0.1, 0.15) is 0 Å². The summed E-state index contributed by atoms with van der Waals surface area (Å²) >= 11 is 0. The maximum absolute atomic E-state index is 11.6. The fraction of sp³-hybridized carbons (Fsp3) is 0.818. The molecule has 0 radical (unpaired) electrons. The molecule has 0 spiro atoms. The van der Waals surface area contributed by atoms with Gasteiger partial charge in [0, 0.05) is 0 Å². The lowest BCUT2D eigenvalue weighted by molar-refractivity contribution is 0.325. The molecule has 0 aromatic rings. The third-order valence-electron chi connectivity index (χ3n) is 2.50. The van der Waals surface area contributed by atoms with Crippen molar-refractivity contribution < 1.29 is 14.4 Å². The topological polar surface area (TPSA) is 57.5 Å². The fourth-order valence-electron chi connectivity index (χ4n) is 2.05. The molecule has 0 saturated heterocycles. The molecule has 0 aliphatic heterocycles. The van der Waals surface area contributed by atoms with Crippen molar-refractivity contribution in [3.63, 3.8) is 0 Å². The molecule has 0 saturated carbocycles. The van der Waals surface area contributed by atoms with Crippen LogP contribution in [0.2, 0.25) is 0 Å². The maximum Gasteiger partial charge on any atom is 0.335 e. The summed E-state index contributed by atoms with van der Waals surface area (Å²) in [5.41, 5.74) is 0.972. The number of rotatable bonds is 6. The van der Waals surface area contributed by atoms with Gasteiger partial charge in [-0.05, 0) is 26.7 Å². The summed E-state index contributed by atoms with van der Waals surface area (Å²) in [6.07, 6.45) is 4.44. The second kappa shape index (κ2) is 5.83. The molecule has 15 heavy (non-hydrogen) atoms. The average molecular weight is 234 g/mol. The highest BCUT2D eigenvalue weighted by Crippen LogP contribution is 2.56. The number of hydrogen-bond acceptors (Lipinski definition) is 1. The minimum atomic E-state index is -4.07. The highest BCUT2D eigenvalue weighted by atomic mass is 31.2. The monoisotopic (exact) mass is 234 g/mol. The van der Waals surface area contributed by atoms with Crippen molar-refractivity contribution in [1.29, 1.82) is 0 Å². The Labute approximate surface area is 92.8 Å². The lowest BCUT2D eigenvalue weighted by Crippen LogP contribution is -2.26. The third kappa shape index (κ3) is 4.10. The molecule has 0 heterocycles. The SMILES string of the molecule is CCCC(C=C(C)C)(CCC)P(=O)(O)O. The Balaban J connectivity index is 5.27. The minimum Gasteiger partial charge on any atom is -0.324 e. The van der Waals surface area contributed by atoms with Gasteiger partial charge >= 0.3 is 7.60 Å². The molecule has 2 N–H and O–H groups in total. The smallest absolute Gasteiger partial charge is 0.324 e. The van der Waals surface area contributed by atoms with Crippen molar-refractivity contribution in [2.45, 2.75) is 58.5 Å². The van der Waals surface area contributed by atoms with E-state index < -0.39 is 12.8 Å². The summed E-state index contributed by atoms with van der Waals surface area (Å²) in [5.74, 6) is 0. The molecule has 0 aliphatic carbocycles. The highest BCUT2D eigenvalue weighted by Gasteiger charge is 2.42. The molecule has 0 unspecified atom stereocenters. The summed E-state index contributed by atoms with van der Waals surface area (Å²) in [5, 5.41) is -0.935. The second-order valence-electron chi connectivity index (χ2n) is 4.37. The van der Waals surface area contributed by atoms with E-state index in [-0.39, 0.29) is 0 Å². The van der Waals surface area contributed by atoms with Gasteiger partial charge in [0.25, 0.3) is 0 Å². The summed E-state index contributed by atoms with van der Waals surface area (Å²) in [4.78, 5) is 19.0. The average Bonchev–Trinajstić information content (AvgIpc) is 2.01. The van der Waals surface area contributed by atoms with Crippen molar-refractivity contribution in [3.8, 4) is 0 Å². The third-order valence-corrected chi connectivity index (χ3v) is 4.24. The van der Waals surface area contributed by atoms with E-state index in [0.29, 0.717) is 12.8 Å². The first-order valence-electron chi connectivity index (χ1n) is 5.50. The predicted molar refractivity (Wildman–Crippen MR) is 64.0 cm³/mol. The van der Waals surface area contributed by atoms with Crippen LogP contribution in [0.3, 0.4) is 0 Å². The first-order chi connectivity index (χ1) is 6.79. The molecule has 0 atom stereocenters. The van der Waals surface area contributed by atoms with Crippen molar-refractivity contribution in [1.82, 2.24) is 0 Å². The Morgan fingerprint density at radius 2 is 1.60 bits per heavy atom. The first kappa shape index (κ1) is 14.9. The Morgan fingerprint density at radius 3 is 1.80 bits per heavy atom. The largest absolute Gasteiger partial charge is 0.335 e. The molecular weight excluding hydrogens is 211 g/mol. The van der Waals surface area contributed by atoms with E-state index in [1.165, 1.54) is 0 Å². The van der Waals surface area contributed by atoms with Gasteiger partial charge in [-0.3, -0.25) is 4.57 Å². The van der Waals surface area contributed by atoms with Gasteiger partial charge < -0.3 is 9.79 Å². The van der Waals surface area contributed by atoms with Crippen LogP contribution in [0.5, 0.6) is 0 Å². The first-order valence-corrected chi connectivity index (χ1v) is 7.12. The van der Waals surface area contributed by atoms with Crippen LogP contribution < -0.4 is 0 Å². The Bertz CT molecular complexity index is 255. The summed E-state index contributed by atoms with van der Waals surface area (Å²) in [6, 6.07) is 0. The van der Waals surface area contributed by atoms with Crippen LogP contribution in [-0.2, 0) is 4.57 Å². The van der Waals surface area contributed by atoms with E-state index in [4.69, 9.17) is 0 Å². The molecule has 90 valence electrons. The molecule has 0 bridgehead atoms. The van der Waals surface area contributed by atoms with Crippen LogP contribution in [0.1, 0.15) is 53.4 Å². The van der Waals surface area contributed by atoms with Crippen LogP contribution in [0.15, 0.2) is 11.6 Å². The molecule has 4 heteroatoms. The van der Waals surface area contributed by atoms with Crippen molar-refractivity contribution in [2.75, 3.05) is 0 Å². The van der Waals surface area contributed by atoms with Crippen molar-refractivity contribution in [2.24, 2.45) is 0 Å². The van der Waals surface area contributed by atoms with E-state index in [1.54, 1.807) is 6.08 Å².